The molecular weight excluding hydrogens is 457 g/mol. The summed E-state index contributed by atoms with van der Waals surface area (Å²) in [5.74, 6) is -0.505. The number of carbonyl (C=O) groups excluding carboxylic acids is 1. The summed E-state index contributed by atoms with van der Waals surface area (Å²) >= 11 is 0. The molecule has 5 atom stereocenters. The summed E-state index contributed by atoms with van der Waals surface area (Å²) in [6, 6.07) is 4.80. The van der Waals surface area contributed by atoms with Gasteiger partial charge in [-0.05, 0) is 50.5 Å². The molecular formula is C26H29F3N4O2. The standard InChI is InChI=1S/C26H29F3N4O2/c1-13(14-4-3-5-15(22(14)27)24(28)29)30-25(35)18-12-33(20-9-26(20)6-7-26)21(34)8-19(18)31-23-16-10-32(2)11-17(16)23/h3-5,8,12-13,16-17,20,23-24,31H,6-7,9-11H2,1-2H3,(H,30,35)/t13-,16-,17+,20+,23?/m1/s1. The SMILES string of the molecule is C[C@@H](NC(=O)c1cn([C@H]2CC23CC3)c(=O)cc1NC1[C@H]2CN(C)C[C@@H]12)c1cccc(C(F)F)c1F. The summed E-state index contributed by atoms with van der Waals surface area (Å²) in [4.78, 5) is 28.7. The zero-order valence-corrected chi connectivity index (χ0v) is 19.7. The zero-order valence-electron chi connectivity index (χ0n) is 19.7. The second-order valence-corrected chi connectivity index (χ2v) is 10.9. The van der Waals surface area contributed by atoms with E-state index in [-0.39, 0.29) is 28.6 Å². The number of fused-ring (bicyclic) bond motifs is 1. The van der Waals surface area contributed by atoms with Crippen LogP contribution in [0.25, 0.3) is 0 Å². The van der Waals surface area contributed by atoms with Crippen molar-refractivity contribution in [3.05, 3.63) is 63.3 Å². The molecule has 1 aromatic heterocycles. The van der Waals surface area contributed by atoms with Gasteiger partial charge in [-0.1, -0.05) is 18.2 Å². The number of nitrogens with one attached hydrogen (secondary N) is 2. The topological polar surface area (TPSA) is 66.4 Å². The first-order valence-electron chi connectivity index (χ1n) is 12.3. The highest BCUT2D eigenvalue weighted by molar-refractivity contribution is 5.99. The zero-order chi connectivity index (χ0) is 24.6. The lowest BCUT2D eigenvalue weighted by Crippen LogP contribution is -2.32. The van der Waals surface area contributed by atoms with Crippen molar-refractivity contribution in [2.45, 2.75) is 50.7 Å². The average Bonchev–Trinajstić information content (AvgIpc) is 3.76. The fourth-order valence-electron chi connectivity index (χ4n) is 6.06. The van der Waals surface area contributed by atoms with E-state index in [0.29, 0.717) is 23.1 Å². The number of benzene rings is 1. The first-order chi connectivity index (χ1) is 16.7. The van der Waals surface area contributed by atoms with Crippen LogP contribution in [0.1, 0.15) is 66.2 Å². The van der Waals surface area contributed by atoms with E-state index >= 15 is 0 Å². The molecule has 2 aromatic rings. The Morgan fingerprint density at radius 2 is 1.86 bits per heavy atom. The van der Waals surface area contributed by atoms with E-state index in [1.807, 2.05) is 0 Å². The normalized spacial score (nSPS) is 28.6. The van der Waals surface area contributed by atoms with Crippen molar-refractivity contribution in [1.82, 2.24) is 14.8 Å². The van der Waals surface area contributed by atoms with Gasteiger partial charge >= 0.3 is 0 Å². The third kappa shape index (κ3) is 3.84. The molecule has 2 N–H and O–H groups in total. The minimum atomic E-state index is -2.94. The van der Waals surface area contributed by atoms with E-state index in [0.717, 1.165) is 38.4 Å². The van der Waals surface area contributed by atoms with Gasteiger partial charge in [0.25, 0.3) is 17.9 Å². The molecule has 1 aromatic carbocycles. The second-order valence-electron chi connectivity index (χ2n) is 10.9. The number of anilines is 1. The molecule has 4 fully saturated rings. The van der Waals surface area contributed by atoms with Gasteiger partial charge < -0.3 is 20.1 Å². The first-order valence-corrected chi connectivity index (χ1v) is 12.3. The Hall–Kier alpha value is -2.81. The van der Waals surface area contributed by atoms with Gasteiger partial charge in [-0.2, -0.15) is 0 Å². The number of piperidine rings is 1. The van der Waals surface area contributed by atoms with Gasteiger partial charge in [-0.15, -0.1) is 0 Å². The number of hydrogen-bond acceptors (Lipinski definition) is 4. The molecule has 3 saturated carbocycles. The number of pyridine rings is 1. The molecule has 2 heterocycles. The number of rotatable bonds is 7. The number of nitrogens with zero attached hydrogens (tertiary/aromatic N) is 2. The van der Waals surface area contributed by atoms with Crippen LogP contribution >= 0.6 is 0 Å². The van der Waals surface area contributed by atoms with Gasteiger partial charge in [0, 0.05) is 43.0 Å². The van der Waals surface area contributed by atoms with Gasteiger partial charge in [-0.3, -0.25) is 9.59 Å². The van der Waals surface area contributed by atoms with Crippen molar-refractivity contribution in [1.29, 1.82) is 0 Å². The summed E-state index contributed by atoms with van der Waals surface area (Å²) in [7, 11) is 2.08. The summed E-state index contributed by atoms with van der Waals surface area (Å²) in [5, 5.41) is 6.19. The van der Waals surface area contributed by atoms with Gasteiger partial charge in [0.1, 0.15) is 5.82 Å². The Kier molecular flexibility index (Phi) is 5.08. The summed E-state index contributed by atoms with van der Waals surface area (Å²) < 4.78 is 42.7. The largest absolute Gasteiger partial charge is 0.381 e. The first kappa shape index (κ1) is 22.6. The van der Waals surface area contributed by atoms with Crippen molar-refractivity contribution >= 4 is 11.6 Å². The van der Waals surface area contributed by atoms with Crippen LogP contribution in [-0.4, -0.2) is 41.6 Å². The molecule has 9 heteroatoms. The molecule has 6 rings (SSSR count). The minimum absolute atomic E-state index is 0.00197. The fraction of sp³-hybridized carbons (Fsp3) is 0.538. The Balaban J connectivity index is 1.28. The lowest BCUT2D eigenvalue weighted by Gasteiger charge is -2.20. The molecule has 1 aliphatic heterocycles. The highest BCUT2D eigenvalue weighted by atomic mass is 19.3. The predicted octanol–water partition coefficient (Wildman–Crippen LogP) is 4.11. The van der Waals surface area contributed by atoms with Crippen molar-refractivity contribution in [3.63, 3.8) is 0 Å². The average molecular weight is 487 g/mol. The van der Waals surface area contributed by atoms with Crippen LogP contribution in [0.15, 0.2) is 35.3 Å². The number of halogens is 3. The van der Waals surface area contributed by atoms with Gasteiger partial charge in [-0.25, -0.2) is 13.2 Å². The predicted molar refractivity (Wildman–Crippen MR) is 125 cm³/mol. The third-order valence-corrected chi connectivity index (χ3v) is 8.51. The van der Waals surface area contributed by atoms with Crippen molar-refractivity contribution in [2.24, 2.45) is 17.3 Å². The molecule has 4 aliphatic rings. The van der Waals surface area contributed by atoms with Crippen LogP contribution in [0, 0.1) is 23.1 Å². The lowest BCUT2D eigenvalue weighted by atomic mass is 10.0. The quantitative estimate of drug-likeness (QED) is 0.618. The molecule has 186 valence electrons. The van der Waals surface area contributed by atoms with Crippen molar-refractivity contribution in [3.8, 4) is 0 Å². The van der Waals surface area contributed by atoms with Crippen LogP contribution in [0.3, 0.4) is 0 Å². The Labute approximate surface area is 201 Å². The van der Waals surface area contributed by atoms with E-state index in [9.17, 15) is 22.8 Å². The number of likely N-dealkylation sites (tertiary alicyclic amines) is 1. The van der Waals surface area contributed by atoms with Crippen LogP contribution in [-0.2, 0) is 0 Å². The van der Waals surface area contributed by atoms with E-state index in [4.69, 9.17) is 0 Å². The highest BCUT2D eigenvalue weighted by Crippen LogP contribution is 2.72. The van der Waals surface area contributed by atoms with Gasteiger partial charge in [0.2, 0.25) is 0 Å². The van der Waals surface area contributed by atoms with E-state index in [2.05, 4.69) is 22.6 Å². The molecule has 1 spiro atoms. The number of carbonyl (C=O) groups is 1. The monoisotopic (exact) mass is 486 g/mol. The number of amides is 1. The number of aromatic nitrogens is 1. The lowest BCUT2D eigenvalue weighted by molar-refractivity contribution is 0.0939. The van der Waals surface area contributed by atoms with E-state index in [1.54, 1.807) is 17.7 Å². The smallest absolute Gasteiger partial charge is 0.266 e. The maximum absolute atomic E-state index is 14.7. The number of alkyl halides is 2. The fourth-order valence-corrected chi connectivity index (χ4v) is 6.06. The van der Waals surface area contributed by atoms with E-state index < -0.39 is 29.8 Å². The summed E-state index contributed by atoms with van der Waals surface area (Å²) in [5.41, 5.74) is 0.195. The van der Waals surface area contributed by atoms with Crippen molar-refractivity contribution in [2.75, 3.05) is 25.5 Å². The molecule has 1 unspecified atom stereocenters. The highest BCUT2D eigenvalue weighted by Gasteiger charge is 2.64. The summed E-state index contributed by atoms with van der Waals surface area (Å²) in [6.07, 6.45) is 1.83. The molecule has 3 aliphatic carbocycles. The molecule has 1 amide bonds. The Morgan fingerprint density at radius 3 is 2.49 bits per heavy atom. The van der Waals surface area contributed by atoms with Crippen LogP contribution in [0.5, 0.6) is 0 Å². The number of hydrogen-bond donors (Lipinski definition) is 2. The molecule has 6 nitrogen and oxygen atoms in total. The molecule has 0 radical (unpaired) electrons. The Morgan fingerprint density at radius 1 is 1.17 bits per heavy atom. The third-order valence-electron chi connectivity index (χ3n) is 8.51. The maximum Gasteiger partial charge on any atom is 0.266 e. The van der Waals surface area contributed by atoms with Crippen LogP contribution < -0.4 is 16.2 Å². The Bertz CT molecular complexity index is 1250. The van der Waals surface area contributed by atoms with Crippen LogP contribution in [0.2, 0.25) is 0 Å². The van der Waals surface area contributed by atoms with Gasteiger partial charge in [0.15, 0.2) is 0 Å². The van der Waals surface area contributed by atoms with Gasteiger partial charge in [0.05, 0.1) is 22.9 Å². The second kappa shape index (κ2) is 7.85. The van der Waals surface area contributed by atoms with E-state index in [1.165, 1.54) is 18.2 Å². The summed E-state index contributed by atoms with van der Waals surface area (Å²) in [6.45, 7) is 3.51. The van der Waals surface area contributed by atoms with Crippen LogP contribution in [0.4, 0.5) is 18.9 Å². The molecule has 1 saturated heterocycles. The molecule has 0 bridgehead atoms. The maximum atomic E-state index is 14.7. The van der Waals surface area contributed by atoms with Crippen molar-refractivity contribution < 1.29 is 18.0 Å². The minimum Gasteiger partial charge on any atom is -0.381 e. The molecule has 35 heavy (non-hydrogen) atoms.